The molecule has 5 heteroatoms. The number of esters is 1. The minimum absolute atomic E-state index is 0.110. The van der Waals surface area contributed by atoms with Gasteiger partial charge in [-0.15, -0.1) is 0 Å². The number of ether oxygens (including phenoxy) is 3. The van der Waals surface area contributed by atoms with Gasteiger partial charge in [0.2, 0.25) is 5.76 Å². The molecule has 0 amide bonds. The quantitative estimate of drug-likeness (QED) is 0.599. The van der Waals surface area contributed by atoms with Gasteiger partial charge in [0.15, 0.2) is 0 Å². The summed E-state index contributed by atoms with van der Waals surface area (Å²) < 4.78 is 21.9. The maximum absolute atomic E-state index is 12.5. The second-order valence-electron chi connectivity index (χ2n) is 5.46. The zero-order chi connectivity index (χ0) is 17.6. The Labute approximate surface area is 146 Å². The van der Waals surface area contributed by atoms with Crippen LogP contribution in [0.2, 0.25) is 0 Å². The van der Waals surface area contributed by atoms with Gasteiger partial charge in [-0.05, 0) is 19.1 Å². The monoisotopic (exact) mass is 340 g/mol. The molecule has 0 N–H and O–H groups in total. The SMILES string of the molecule is CCOc1ccccc1COC(=O)c1oc2ccccc2c1COC. The van der Waals surface area contributed by atoms with Gasteiger partial charge in [0.05, 0.1) is 13.2 Å². The molecule has 0 radical (unpaired) electrons. The topological polar surface area (TPSA) is 57.9 Å². The lowest BCUT2D eigenvalue weighted by Gasteiger charge is -2.10. The van der Waals surface area contributed by atoms with Crippen LogP contribution in [0, 0.1) is 0 Å². The standard InChI is InChI=1S/C20H20O5/c1-3-23-17-10-6-4-8-14(17)12-24-20(21)19-16(13-22-2)15-9-5-7-11-18(15)25-19/h4-11H,3,12-13H2,1-2H3. The molecule has 0 aliphatic heterocycles. The highest BCUT2D eigenvalue weighted by Gasteiger charge is 2.22. The van der Waals surface area contributed by atoms with Crippen molar-refractivity contribution in [3.8, 4) is 5.75 Å². The molecule has 0 spiro atoms. The molecular formula is C20H20O5. The van der Waals surface area contributed by atoms with Gasteiger partial charge >= 0.3 is 5.97 Å². The highest BCUT2D eigenvalue weighted by molar-refractivity contribution is 5.96. The van der Waals surface area contributed by atoms with E-state index in [-0.39, 0.29) is 19.0 Å². The van der Waals surface area contributed by atoms with Crippen LogP contribution in [0.4, 0.5) is 0 Å². The van der Waals surface area contributed by atoms with Gasteiger partial charge in [-0.1, -0.05) is 36.4 Å². The molecular weight excluding hydrogens is 320 g/mol. The average Bonchev–Trinajstić information content (AvgIpc) is 3.00. The van der Waals surface area contributed by atoms with Gasteiger partial charge in [0.1, 0.15) is 17.9 Å². The second kappa shape index (κ2) is 7.85. The van der Waals surface area contributed by atoms with E-state index in [1.54, 1.807) is 7.11 Å². The van der Waals surface area contributed by atoms with Gasteiger partial charge in [-0.2, -0.15) is 0 Å². The smallest absolute Gasteiger partial charge is 0.374 e. The Morgan fingerprint density at radius 2 is 1.80 bits per heavy atom. The molecule has 0 aliphatic rings. The summed E-state index contributed by atoms with van der Waals surface area (Å²) in [5, 5.41) is 0.853. The predicted octanol–water partition coefficient (Wildman–Crippen LogP) is 4.33. The van der Waals surface area contributed by atoms with Crippen molar-refractivity contribution >= 4 is 16.9 Å². The minimum atomic E-state index is -0.519. The first kappa shape index (κ1) is 17.0. The maximum Gasteiger partial charge on any atom is 0.374 e. The molecule has 0 saturated heterocycles. The first-order chi connectivity index (χ1) is 12.2. The van der Waals surface area contributed by atoms with Crippen molar-refractivity contribution in [3.05, 3.63) is 65.4 Å². The number of rotatable bonds is 7. The third-order valence-electron chi connectivity index (χ3n) is 3.80. The first-order valence-electron chi connectivity index (χ1n) is 8.11. The Bertz CT molecular complexity index is 865. The van der Waals surface area contributed by atoms with Crippen LogP contribution in [-0.2, 0) is 22.7 Å². The van der Waals surface area contributed by atoms with Crippen LogP contribution in [0.15, 0.2) is 52.9 Å². The van der Waals surface area contributed by atoms with E-state index in [1.807, 2.05) is 55.5 Å². The Hall–Kier alpha value is -2.79. The van der Waals surface area contributed by atoms with Crippen molar-refractivity contribution < 1.29 is 23.4 Å². The van der Waals surface area contributed by atoms with Crippen LogP contribution < -0.4 is 4.74 Å². The van der Waals surface area contributed by atoms with E-state index < -0.39 is 5.97 Å². The molecule has 5 nitrogen and oxygen atoms in total. The van der Waals surface area contributed by atoms with Gasteiger partial charge < -0.3 is 18.6 Å². The van der Waals surface area contributed by atoms with Crippen molar-refractivity contribution in [1.29, 1.82) is 0 Å². The summed E-state index contributed by atoms with van der Waals surface area (Å²) in [7, 11) is 1.58. The minimum Gasteiger partial charge on any atom is -0.493 e. The summed E-state index contributed by atoms with van der Waals surface area (Å²) in [6.07, 6.45) is 0. The van der Waals surface area contributed by atoms with E-state index in [0.717, 1.165) is 10.9 Å². The van der Waals surface area contributed by atoms with Crippen molar-refractivity contribution in [3.63, 3.8) is 0 Å². The van der Waals surface area contributed by atoms with Crippen molar-refractivity contribution in [2.75, 3.05) is 13.7 Å². The van der Waals surface area contributed by atoms with Gasteiger partial charge in [-0.25, -0.2) is 4.79 Å². The molecule has 1 heterocycles. The zero-order valence-electron chi connectivity index (χ0n) is 14.3. The Morgan fingerprint density at radius 1 is 1.04 bits per heavy atom. The molecule has 1 aromatic heterocycles. The normalized spacial score (nSPS) is 10.8. The molecule has 2 aromatic carbocycles. The lowest BCUT2D eigenvalue weighted by atomic mass is 10.1. The fraction of sp³-hybridized carbons (Fsp3) is 0.250. The van der Waals surface area contributed by atoms with Crippen molar-refractivity contribution in [2.45, 2.75) is 20.1 Å². The number of carbonyl (C=O) groups excluding carboxylic acids is 1. The first-order valence-corrected chi connectivity index (χ1v) is 8.11. The largest absolute Gasteiger partial charge is 0.493 e. The third-order valence-corrected chi connectivity index (χ3v) is 3.80. The number of furan rings is 1. The van der Waals surface area contributed by atoms with E-state index in [2.05, 4.69) is 0 Å². The van der Waals surface area contributed by atoms with Gasteiger partial charge in [-0.3, -0.25) is 0 Å². The van der Waals surface area contributed by atoms with Gasteiger partial charge in [0.25, 0.3) is 0 Å². The molecule has 25 heavy (non-hydrogen) atoms. The summed E-state index contributed by atoms with van der Waals surface area (Å²) in [4.78, 5) is 12.5. The number of fused-ring (bicyclic) bond motifs is 1. The molecule has 0 bridgehead atoms. The number of benzene rings is 2. The summed E-state index contributed by atoms with van der Waals surface area (Å²) in [5.74, 6) is 0.367. The summed E-state index contributed by atoms with van der Waals surface area (Å²) >= 11 is 0. The van der Waals surface area contributed by atoms with E-state index in [0.29, 0.717) is 23.5 Å². The van der Waals surface area contributed by atoms with Crippen LogP contribution in [-0.4, -0.2) is 19.7 Å². The van der Waals surface area contributed by atoms with Crippen LogP contribution in [0.25, 0.3) is 11.0 Å². The molecule has 0 atom stereocenters. The lowest BCUT2D eigenvalue weighted by Crippen LogP contribution is -2.08. The van der Waals surface area contributed by atoms with E-state index >= 15 is 0 Å². The van der Waals surface area contributed by atoms with Crippen LogP contribution in [0.3, 0.4) is 0 Å². The zero-order valence-corrected chi connectivity index (χ0v) is 14.3. The number of hydrogen-bond donors (Lipinski definition) is 0. The molecule has 0 saturated carbocycles. The van der Waals surface area contributed by atoms with E-state index in [9.17, 15) is 4.79 Å². The predicted molar refractivity (Wildman–Crippen MR) is 93.7 cm³/mol. The number of carbonyl (C=O) groups is 1. The molecule has 3 aromatic rings. The Morgan fingerprint density at radius 3 is 2.60 bits per heavy atom. The molecule has 3 rings (SSSR count). The summed E-state index contributed by atoms with van der Waals surface area (Å²) in [5.41, 5.74) is 2.14. The highest BCUT2D eigenvalue weighted by Crippen LogP contribution is 2.28. The fourth-order valence-corrected chi connectivity index (χ4v) is 2.68. The van der Waals surface area contributed by atoms with Crippen molar-refractivity contribution in [1.82, 2.24) is 0 Å². The number of methoxy groups -OCH3 is 1. The second-order valence-corrected chi connectivity index (χ2v) is 5.46. The van der Waals surface area contributed by atoms with Crippen LogP contribution in [0.1, 0.15) is 28.6 Å². The molecule has 0 aliphatic carbocycles. The Balaban J connectivity index is 1.82. The summed E-state index contributed by atoms with van der Waals surface area (Å²) in [6, 6.07) is 14.9. The molecule has 0 unspecified atom stereocenters. The third kappa shape index (κ3) is 3.67. The van der Waals surface area contributed by atoms with Crippen molar-refractivity contribution in [2.24, 2.45) is 0 Å². The highest BCUT2D eigenvalue weighted by atomic mass is 16.5. The summed E-state index contributed by atoms with van der Waals surface area (Å²) in [6.45, 7) is 2.84. The van der Waals surface area contributed by atoms with E-state index in [4.69, 9.17) is 18.6 Å². The number of para-hydroxylation sites is 2. The maximum atomic E-state index is 12.5. The molecule has 130 valence electrons. The number of hydrogen-bond acceptors (Lipinski definition) is 5. The fourth-order valence-electron chi connectivity index (χ4n) is 2.68. The van der Waals surface area contributed by atoms with E-state index in [1.165, 1.54) is 0 Å². The molecule has 0 fully saturated rings. The van der Waals surface area contributed by atoms with Crippen LogP contribution in [0.5, 0.6) is 5.75 Å². The van der Waals surface area contributed by atoms with Crippen LogP contribution >= 0.6 is 0 Å². The lowest BCUT2D eigenvalue weighted by molar-refractivity contribution is 0.0429. The van der Waals surface area contributed by atoms with Gasteiger partial charge in [0, 0.05) is 23.6 Å². The average molecular weight is 340 g/mol. The Kier molecular flexibility index (Phi) is 5.36.